The first-order valence-electron chi connectivity index (χ1n) is 6.33. The monoisotopic (exact) mass is 264 g/mol. The van der Waals surface area contributed by atoms with Crippen LogP contribution in [0.25, 0.3) is 0 Å². The number of carbonyl (C=O) groups excluding carboxylic acids is 3. The van der Waals surface area contributed by atoms with Crippen LogP contribution in [0.4, 0.5) is 0 Å². The van der Waals surface area contributed by atoms with E-state index in [0.717, 1.165) is 0 Å². The standard InChI is InChI=1S/C14H16O5/c1-12(2,3)18-10(16)14-8-7(15)5-6-13(4,9(8)14)19-11(14)17/h5-6,8-9H,1-4H3/t8-,9-,13+,14-/m0/s1. The average Bonchev–Trinajstić information content (AvgIpc) is 2.88. The summed E-state index contributed by atoms with van der Waals surface area (Å²) in [6.07, 6.45) is 2.98. The molecule has 2 fully saturated rings. The summed E-state index contributed by atoms with van der Waals surface area (Å²) in [6.45, 7) is 6.91. The Bertz CT molecular complexity index is 541. The third-order valence-corrected chi connectivity index (χ3v) is 4.09. The molecule has 0 aromatic carbocycles. The second-order valence-corrected chi connectivity index (χ2v) is 6.64. The van der Waals surface area contributed by atoms with E-state index < -0.39 is 40.4 Å². The third-order valence-electron chi connectivity index (χ3n) is 4.09. The summed E-state index contributed by atoms with van der Waals surface area (Å²) in [5.74, 6) is -2.49. The van der Waals surface area contributed by atoms with E-state index >= 15 is 0 Å². The molecule has 3 aliphatic rings. The van der Waals surface area contributed by atoms with Crippen LogP contribution >= 0.6 is 0 Å². The maximum Gasteiger partial charge on any atom is 0.325 e. The van der Waals surface area contributed by atoms with E-state index in [-0.39, 0.29) is 5.78 Å². The number of carbonyl (C=O) groups is 3. The summed E-state index contributed by atoms with van der Waals surface area (Å²) < 4.78 is 10.6. The molecule has 102 valence electrons. The van der Waals surface area contributed by atoms with E-state index in [4.69, 9.17) is 9.47 Å². The Labute approximate surface area is 110 Å². The van der Waals surface area contributed by atoms with Gasteiger partial charge in [0.15, 0.2) is 11.2 Å². The number of esters is 2. The molecule has 1 aliphatic heterocycles. The highest BCUT2D eigenvalue weighted by molar-refractivity contribution is 6.16. The lowest BCUT2D eigenvalue weighted by molar-refractivity contribution is -0.171. The van der Waals surface area contributed by atoms with Gasteiger partial charge in [-0.3, -0.25) is 14.4 Å². The van der Waals surface area contributed by atoms with Gasteiger partial charge in [0, 0.05) is 5.92 Å². The van der Waals surface area contributed by atoms with Gasteiger partial charge < -0.3 is 9.47 Å². The van der Waals surface area contributed by atoms with E-state index in [9.17, 15) is 14.4 Å². The van der Waals surface area contributed by atoms with Crippen molar-refractivity contribution >= 4 is 17.7 Å². The summed E-state index contributed by atoms with van der Waals surface area (Å²) >= 11 is 0. The van der Waals surface area contributed by atoms with E-state index in [1.165, 1.54) is 6.08 Å². The van der Waals surface area contributed by atoms with Crippen LogP contribution in [-0.4, -0.2) is 28.9 Å². The molecule has 0 N–H and O–H groups in total. The van der Waals surface area contributed by atoms with Crippen molar-refractivity contribution in [3.63, 3.8) is 0 Å². The van der Waals surface area contributed by atoms with Crippen molar-refractivity contribution in [2.24, 2.45) is 17.3 Å². The van der Waals surface area contributed by atoms with Crippen molar-refractivity contribution in [1.29, 1.82) is 0 Å². The number of fused-ring (bicyclic) bond motifs is 1. The molecule has 4 atom stereocenters. The fourth-order valence-corrected chi connectivity index (χ4v) is 3.35. The Kier molecular flexibility index (Phi) is 2.01. The molecule has 0 bridgehead atoms. The molecule has 0 amide bonds. The molecule has 5 heteroatoms. The topological polar surface area (TPSA) is 69.7 Å². The second-order valence-electron chi connectivity index (χ2n) is 6.64. The van der Waals surface area contributed by atoms with Crippen LogP contribution < -0.4 is 0 Å². The number of rotatable bonds is 1. The summed E-state index contributed by atoms with van der Waals surface area (Å²) in [4.78, 5) is 36.4. The molecule has 0 aromatic rings. The van der Waals surface area contributed by atoms with Gasteiger partial charge in [0.05, 0.1) is 5.92 Å². The molecule has 1 saturated carbocycles. The highest BCUT2D eigenvalue weighted by Crippen LogP contribution is 2.72. The summed E-state index contributed by atoms with van der Waals surface area (Å²) in [7, 11) is 0. The Balaban J connectivity index is 2.01. The van der Waals surface area contributed by atoms with Crippen molar-refractivity contribution < 1.29 is 23.9 Å². The number of hydrogen-bond donors (Lipinski definition) is 0. The number of allylic oxidation sites excluding steroid dienone is 1. The summed E-state index contributed by atoms with van der Waals surface area (Å²) in [6, 6.07) is 0. The second kappa shape index (κ2) is 3.08. The number of ether oxygens (including phenoxy) is 2. The van der Waals surface area contributed by atoms with E-state index in [1.54, 1.807) is 33.8 Å². The lowest BCUT2D eigenvalue weighted by Crippen LogP contribution is -2.37. The lowest BCUT2D eigenvalue weighted by atomic mass is 9.92. The van der Waals surface area contributed by atoms with Crippen LogP contribution in [0.3, 0.4) is 0 Å². The molecule has 19 heavy (non-hydrogen) atoms. The van der Waals surface area contributed by atoms with Crippen molar-refractivity contribution in [3.05, 3.63) is 12.2 Å². The van der Waals surface area contributed by atoms with Gasteiger partial charge >= 0.3 is 11.9 Å². The zero-order valence-corrected chi connectivity index (χ0v) is 11.4. The van der Waals surface area contributed by atoms with Crippen LogP contribution in [0.5, 0.6) is 0 Å². The minimum Gasteiger partial charge on any atom is -0.459 e. The highest BCUT2D eigenvalue weighted by Gasteiger charge is 2.88. The SMILES string of the molecule is CC(C)(C)OC(=O)[C@]12C(=O)O[C@]3(C)C=CC(=O)[C@H]1[C@H]23. The van der Waals surface area contributed by atoms with Crippen molar-refractivity contribution in [1.82, 2.24) is 0 Å². The predicted octanol–water partition coefficient (Wildman–Crippen LogP) is 1.01. The molecule has 0 radical (unpaired) electrons. The highest BCUT2D eigenvalue weighted by atomic mass is 16.6. The largest absolute Gasteiger partial charge is 0.459 e. The fourth-order valence-electron chi connectivity index (χ4n) is 3.35. The lowest BCUT2D eigenvalue weighted by Gasteiger charge is -2.25. The molecule has 2 aliphatic carbocycles. The maximum absolute atomic E-state index is 12.4. The maximum atomic E-state index is 12.4. The molecule has 3 rings (SSSR count). The predicted molar refractivity (Wildman–Crippen MR) is 63.9 cm³/mol. The van der Waals surface area contributed by atoms with Gasteiger partial charge in [0.25, 0.3) is 0 Å². The Morgan fingerprint density at radius 3 is 2.53 bits per heavy atom. The smallest absolute Gasteiger partial charge is 0.325 e. The first-order chi connectivity index (χ1) is 8.63. The molecule has 0 aromatic heterocycles. The molecule has 1 saturated heterocycles. The molecule has 1 heterocycles. The van der Waals surface area contributed by atoms with Crippen LogP contribution in [0.1, 0.15) is 27.7 Å². The first kappa shape index (κ1) is 12.4. The van der Waals surface area contributed by atoms with Gasteiger partial charge in [-0.1, -0.05) is 0 Å². The number of hydrogen-bond acceptors (Lipinski definition) is 5. The fraction of sp³-hybridized carbons (Fsp3) is 0.643. The van der Waals surface area contributed by atoms with Crippen LogP contribution in [0, 0.1) is 17.3 Å². The average molecular weight is 264 g/mol. The van der Waals surface area contributed by atoms with Crippen LogP contribution in [0.15, 0.2) is 12.2 Å². The quantitative estimate of drug-likeness (QED) is 0.522. The van der Waals surface area contributed by atoms with Gasteiger partial charge in [-0.05, 0) is 39.8 Å². The van der Waals surface area contributed by atoms with Gasteiger partial charge in [0.2, 0.25) is 0 Å². The Morgan fingerprint density at radius 1 is 1.37 bits per heavy atom. The molecule has 0 spiro atoms. The zero-order chi connectivity index (χ0) is 14.2. The molecule has 0 unspecified atom stereocenters. The van der Waals surface area contributed by atoms with Crippen LogP contribution in [-0.2, 0) is 23.9 Å². The minimum atomic E-state index is -1.41. The van der Waals surface area contributed by atoms with E-state index in [0.29, 0.717) is 0 Å². The van der Waals surface area contributed by atoms with Crippen LogP contribution in [0.2, 0.25) is 0 Å². The van der Waals surface area contributed by atoms with E-state index in [2.05, 4.69) is 0 Å². The van der Waals surface area contributed by atoms with Crippen molar-refractivity contribution in [3.8, 4) is 0 Å². The summed E-state index contributed by atoms with van der Waals surface area (Å²) in [5.41, 5.74) is -2.97. The van der Waals surface area contributed by atoms with Gasteiger partial charge in [-0.2, -0.15) is 0 Å². The zero-order valence-electron chi connectivity index (χ0n) is 11.4. The summed E-state index contributed by atoms with van der Waals surface area (Å²) in [5, 5.41) is 0. The normalized spacial score (nSPS) is 42.7. The molecular formula is C14H16O5. The van der Waals surface area contributed by atoms with Gasteiger partial charge in [-0.25, -0.2) is 0 Å². The Hall–Kier alpha value is -1.65. The van der Waals surface area contributed by atoms with Gasteiger partial charge in [-0.15, -0.1) is 0 Å². The first-order valence-corrected chi connectivity index (χ1v) is 6.33. The van der Waals surface area contributed by atoms with Crippen molar-refractivity contribution in [2.75, 3.05) is 0 Å². The van der Waals surface area contributed by atoms with Gasteiger partial charge in [0.1, 0.15) is 11.2 Å². The molecular weight excluding hydrogens is 248 g/mol. The molecule has 5 nitrogen and oxygen atoms in total. The minimum absolute atomic E-state index is 0.190. The van der Waals surface area contributed by atoms with Crippen molar-refractivity contribution in [2.45, 2.75) is 38.9 Å². The third kappa shape index (κ3) is 1.33. The Morgan fingerprint density at radius 2 is 2.00 bits per heavy atom. The number of ketones is 1. The van der Waals surface area contributed by atoms with E-state index in [1.807, 2.05) is 0 Å².